The zero-order chi connectivity index (χ0) is 9.68. The molecule has 1 fully saturated rings. The lowest BCUT2D eigenvalue weighted by atomic mass is 9.82. The highest BCUT2D eigenvalue weighted by molar-refractivity contribution is 5.86. The fraction of sp³-hybridized carbons (Fsp3) is 0.636. The van der Waals surface area contributed by atoms with Gasteiger partial charge in [0.1, 0.15) is 12.6 Å². The Hall–Kier alpha value is -0.920. The van der Waals surface area contributed by atoms with E-state index in [4.69, 9.17) is 0 Å². The first-order valence-electron chi connectivity index (χ1n) is 4.90. The van der Waals surface area contributed by atoms with E-state index in [-0.39, 0.29) is 0 Å². The van der Waals surface area contributed by atoms with Crippen LogP contribution in [0, 0.1) is 5.92 Å². The highest BCUT2D eigenvalue weighted by Crippen LogP contribution is 2.29. The first-order chi connectivity index (χ1) is 6.29. The average molecular weight is 180 g/mol. The van der Waals surface area contributed by atoms with Crippen molar-refractivity contribution < 1.29 is 9.59 Å². The SMILES string of the molecule is CC(C=O)=C(C=O)C1CCCCC1. The van der Waals surface area contributed by atoms with Crippen molar-refractivity contribution in [3.8, 4) is 0 Å². The second-order valence-electron chi connectivity index (χ2n) is 3.71. The summed E-state index contributed by atoms with van der Waals surface area (Å²) < 4.78 is 0. The van der Waals surface area contributed by atoms with Crippen LogP contribution in [0.4, 0.5) is 0 Å². The normalized spacial score (nSPS) is 20.7. The standard InChI is InChI=1S/C11H16O2/c1-9(7-12)11(8-13)10-5-3-2-4-6-10/h7-8,10H,2-6H2,1H3. The quantitative estimate of drug-likeness (QED) is 0.493. The molecule has 0 aromatic carbocycles. The predicted octanol–water partition coefficient (Wildman–Crippen LogP) is 2.28. The number of carbonyl (C=O) groups is 2. The van der Waals surface area contributed by atoms with Crippen LogP contribution in [0.25, 0.3) is 0 Å². The molecule has 0 heterocycles. The largest absolute Gasteiger partial charge is 0.298 e. The molecule has 0 saturated heterocycles. The van der Waals surface area contributed by atoms with Crippen LogP contribution < -0.4 is 0 Å². The Morgan fingerprint density at radius 1 is 1.08 bits per heavy atom. The molecule has 1 aliphatic carbocycles. The zero-order valence-corrected chi connectivity index (χ0v) is 8.08. The van der Waals surface area contributed by atoms with Crippen molar-refractivity contribution in [1.82, 2.24) is 0 Å². The third-order valence-electron chi connectivity index (χ3n) is 2.80. The van der Waals surface area contributed by atoms with Gasteiger partial charge in [0, 0.05) is 5.57 Å². The highest BCUT2D eigenvalue weighted by Gasteiger charge is 2.18. The molecule has 0 spiro atoms. The van der Waals surface area contributed by atoms with Gasteiger partial charge in [-0.05, 0) is 31.3 Å². The van der Waals surface area contributed by atoms with Gasteiger partial charge in [-0.3, -0.25) is 9.59 Å². The molecule has 0 aliphatic heterocycles. The van der Waals surface area contributed by atoms with Crippen LogP contribution in [0.2, 0.25) is 0 Å². The maximum Gasteiger partial charge on any atom is 0.146 e. The Kier molecular flexibility index (Phi) is 3.87. The van der Waals surface area contributed by atoms with Crippen molar-refractivity contribution in [2.45, 2.75) is 39.0 Å². The van der Waals surface area contributed by atoms with Crippen LogP contribution in [0.3, 0.4) is 0 Å². The van der Waals surface area contributed by atoms with Crippen molar-refractivity contribution in [2.24, 2.45) is 5.92 Å². The van der Waals surface area contributed by atoms with Gasteiger partial charge in [0.2, 0.25) is 0 Å². The molecule has 13 heavy (non-hydrogen) atoms. The van der Waals surface area contributed by atoms with E-state index < -0.39 is 0 Å². The van der Waals surface area contributed by atoms with Gasteiger partial charge in [0.05, 0.1) is 0 Å². The fourth-order valence-corrected chi connectivity index (χ4v) is 1.99. The first kappa shape index (κ1) is 10.2. The summed E-state index contributed by atoms with van der Waals surface area (Å²) in [6.45, 7) is 1.73. The van der Waals surface area contributed by atoms with E-state index in [2.05, 4.69) is 0 Å². The third kappa shape index (κ3) is 2.51. The Labute approximate surface area is 79.0 Å². The Bertz CT molecular complexity index is 222. The molecule has 1 rings (SSSR count). The zero-order valence-electron chi connectivity index (χ0n) is 8.08. The first-order valence-corrected chi connectivity index (χ1v) is 4.90. The minimum Gasteiger partial charge on any atom is -0.298 e. The van der Waals surface area contributed by atoms with Crippen molar-refractivity contribution in [3.63, 3.8) is 0 Å². The summed E-state index contributed by atoms with van der Waals surface area (Å²) in [4.78, 5) is 21.3. The summed E-state index contributed by atoms with van der Waals surface area (Å²) >= 11 is 0. The molecule has 1 saturated carbocycles. The van der Waals surface area contributed by atoms with Crippen molar-refractivity contribution in [2.75, 3.05) is 0 Å². The number of allylic oxidation sites excluding steroid dienone is 2. The van der Waals surface area contributed by atoms with E-state index >= 15 is 0 Å². The van der Waals surface area contributed by atoms with Crippen molar-refractivity contribution >= 4 is 12.6 Å². The maximum atomic E-state index is 10.8. The third-order valence-corrected chi connectivity index (χ3v) is 2.80. The van der Waals surface area contributed by atoms with Gasteiger partial charge >= 0.3 is 0 Å². The molecular formula is C11H16O2. The van der Waals surface area contributed by atoms with E-state index in [1.165, 1.54) is 19.3 Å². The van der Waals surface area contributed by atoms with Gasteiger partial charge in [-0.2, -0.15) is 0 Å². The van der Waals surface area contributed by atoms with E-state index in [9.17, 15) is 9.59 Å². The minimum absolute atomic E-state index is 0.344. The van der Waals surface area contributed by atoms with Crippen LogP contribution in [-0.4, -0.2) is 12.6 Å². The molecule has 0 aromatic rings. The van der Waals surface area contributed by atoms with Crippen LogP contribution in [-0.2, 0) is 9.59 Å². The molecule has 0 amide bonds. The van der Waals surface area contributed by atoms with Crippen LogP contribution in [0.5, 0.6) is 0 Å². The summed E-state index contributed by atoms with van der Waals surface area (Å²) in [5.74, 6) is 0.344. The van der Waals surface area contributed by atoms with Gasteiger partial charge in [0.25, 0.3) is 0 Å². The second kappa shape index (κ2) is 4.95. The summed E-state index contributed by atoms with van der Waals surface area (Å²) in [6.07, 6.45) is 7.43. The lowest BCUT2D eigenvalue weighted by Crippen LogP contribution is -2.12. The molecule has 0 N–H and O–H groups in total. The molecule has 2 nitrogen and oxygen atoms in total. The van der Waals surface area contributed by atoms with E-state index in [1.54, 1.807) is 6.92 Å². The minimum atomic E-state index is 0.344. The Morgan fingerprint density at radius 2 is 1.69 bits per heavy atom. The molecule has 0 unspecified atom stereocenters. The molecule has 72 valence electrons. The molecule has 0 aromatic heterocycles. The summed E-state index contributed by atoms with van der Waals surface area (Å²) in [6, 6.07) is 0. The van der Waals surface area contributed by atoms with Gasteiger partial charge in [-0.1, -0.05) is 19.3 Å². The number of hydrogen-bond donors (Lipinski definition) is 0. The van der Waals surface area contributed by atoms with E-state index in [0.717, 1.165) is 31.0 Å². The second-order valence-corrected chi connectivity index (χ2v) is 3.71. The molecule has 0 radical (unpaired) electrons. The lowest BCUT2D eigenvalue weighted by molar-refractivity contribution is -0.107. The Balaban J connectivity index is 2.75. The molecule has 0 bridgehead atoms. The van der Waals surface area contributed by atoms with Gasteiger partial charge in [-0.25, -0.2) is 0 Å². The topological polar surface area (TPSA) is 34.1 Å². The summed E-state index contributed by atoms with van der Waals surface area (Å²) in [5.41, 5.74) is 1.34. The highest BCUT2D eigenvalue weighted by atomic mass is 16.1. The molecule has 2 heteroatoms. The molecular weight excluding hydrogens is 164 g/mol. The van der Waals surface area contributed by atoms with Crippen molar-refractivity contribution in [1.29, 1.82) is 0 Å². The monoisotopic (exact) mass is 180 g/mol. The molecule has 0 atom stereocenters. The summed E-state index contributed by atoms with van der Waals surface area (Å²) in [7, 11) is 0. The number of aldehydes is 2. The summed E-state index contributed by atoms with van der Waals surface area (Å²) in [5, 5.41) is 0. The van der Waals surface area contributed by atoms with Crippen LogP contribution in [0.15, 0.2) is 11.1 Å². The van der Waals surface area contributed by atoms with Gasteiger partial charge in [-0.15, -0.1) is 0 Å². The maximum absolute atomic E-state index is 10.8. The molecule has 1 aliphatic rings. The number of rotatable bonds is 3. The average Bonchev–Trinajstić information content (AvgIpc) is 2.20. The predicted molar refractivity (Wildman–Crippen MR) is 51.4 cm³/mol. The van der Waals surface area contributed by atoms with Crippen LogP contribution in [0.1, 0.15) is 39.0 Å². The van der Waals surface area contributed by atoms with Gasteiger partial charge < -0.3 is 0 Å². The lowest BCUT2D eigenvalue weighted by Gasteiger charge is -2.22. The Morgan fingerprint density at radius 3 is 2.15 bits per heavy atom. The van der Waals surface area contributed by atoms with E-state index in [1.807, 2.05) is 0 Å². The fourth-order valence-electron chi connectivity index (χ4n) is 1.99. The van der Waals surface area contributed by atoms with Gasteiger partial charge in [0.15, 0.2) is 0 Å². The van der Waals surface area contributed by atoms with Crippen molar-refractivity contribution in [3.05, 3.63) is 11.1 Å². The smallest absolute Gasteiger partial charge is 0.146 e. The number of hydrogen-bond acceptors (Lipinski definition) is 2. The van der Waals surface area contributed by atoms with Crippen LogP contribution >= 0.6 is 0 Å². The van der Waals surface area contributed by atoms with E-state index in [0.29, 0.717) is 11.5 Å². The number of carbonyl (C=O) groups excluding carboxylic acids is 2.